The third-order valence-electron chi connectivity index (χ3n) is 5.33. The number of fused-ring (bicyclic) bond motifs is 1. The second-order valence-corrected chi connectivity index (χ2v) is 8.46. The highest BCUT2D eigenvalue weighted by atomic mass is 32.2. The fourth-order valence-corrected chi connectivity index (χ4v) is 4.72. The zero-order valence-electron chi connectivity index (χ0n) is 18.5. The molecule has 3 heterocycles. The number of carbonyl (C=O) groups is 1. The molecule has 0 unspecified atom stereocenters. The van der Waals surface area contributed by atoms with E-state index in [9.17, 15) is 4.79 Å². The number of furan rings is 1. The van der Waals surface area contributed by atoms with Crippen LogP contribution in [0.15, 0.2) is 88.9 Å². The molecular formula is C26H22N4O3S. The number of rotatable bonds is 8. The molecule has 0 amide bonds. The van der Waals surface area contributed by atoms with Gasteiger partial charge in [-0.25, -0.2) is 4.79 Å². The van der Waals surface area contributed by atoms with Gasteiger partial charge in [0.05, 0.1) is 36.2 Å². The molecule has 170 valence electrons. The highest BCUT2D eigenvalue weighted by molar-refractivity contribution is 7.98. The van der Waals surface area contributed by atoms with Crippen molar-refractivity contribution >= 4 is 28.6 Å². The van der Waals surface area contributed by atoms with E-state index in [4.69, 9.17) is 14.1 Å². The number of hydrogen-bond acceptors (Lipinski definition) is 7. The van der Waals surface area contributed by atoms with Gasteiger partial charge in [0.2, 0.25) is 0 Å². The van der Waals surface area contributed by atoms with Gasteiger partial charge in [0.15, 0.2) is 5.16 Å². The van der Waals surface area contributed by atoms with E-state index in [1.807, 2.05) is 71.3 Å². The number of para-hydroxylation sites is 1. The maximum atomic E-state index is 13.2. The molecule has 34 heavy (non-hydrogen) atoms. The van der Waals surface area contributed by atoms with Gasteiger partial charge in [0.1, 0.15) is 12.1 Å². The molecule has 8 heteroatoms. The highest BCUT2D eigenvalue weighted by Crippen LogP contribution is 2.35. The van der Waals surface area contributed by atoms with Crippen LogP contribution >= 0.6 is 11.8 Å². The molecule has 0 aliphatic carbocycles. The SMILES string of the molecule is CCOC(=O)c1c(CSc2nncn2Cc2ccco2)nc2ccccc2c1-c1ccccc1. The molecule has 0 radical (unpaired) electrons. The Bertz CT molecular complexity index is 1420. The third kappa shape index (κ3) is 4.45. The Morgan fingerprint density at radius 1 is 1.06 bits per heavy atom. The Labute approximate surface area is 200 Å². The first-order chi connectivity index (χ1) is 16.7. The summed E-state index contributed by atoms with van der Waals surface area (Å²) in [5.74, 6) is 0.853. The second-order valence-electron chi connectivity index (χ2n) is 7.52. The number of esters is 1. The van der Waals surface area contributed by atoms with Gasteiger partial charge in [-0.2, -0.15) is 0 Å². The number of aromatic nitrogens is 4. The van der Waals surface area contributed by atoms with Crippen LogP contribution in [0.5, 0.6) is 0 Å². The Balaban J connectivity index is 1.58. The van der Waals surface area contributed by atoms with Crippen LogP contribution in [0.2, 0.25) is 0 Å². The van der Waals surface area contributed by atoms with Gasteiger partial charge < -0.3 is 13.7 Å². The number of thioether (sulfide) groups is 1. The number of carbonyl (C=O) groups excluding carboxylic acids is 1. The number of nitrogens with zero attached hydrogens (tertiary/aromatic N) is 4. The lowest BCUT2D eigenvalue weighted by molar-refractivity contribution is 0.0526. The summed E-state index contributed by atoms with van der Waals surface area (Å²) in [6.45, 7) is 2.61. The van der Waals surface area contributed by atoms with Gasteiger partial charge in [-0.1, -0.05) is 60.3 Å². The van der Waals surface area contributed by atoms with E-state index < -0.39 is 0 Å². The quantitative estimate of drug-likeness (QED) is 0.215. The van der Waals surface area contributed by atoms with Crippen molar-refractivity contribution in [1.29, 1.82) is 0 Å². The summed E-state index contributed by atoms with van der Waals surface area (Å²) in [5.41, 5.74) is 3.72. The summed E-state index contributed by atoms with van der Waals surface area (Å²) >= 11 is 1.47. The van der Waals surface area contributed by atoms with E-state index in [1.165, 1.54) is 11.8 Å². The van der Waals surface area contributed by atoms with Gasteiger partial charge in [0, 0.05) is 16.7 Å². The fraction of sp³-hybridized carbons (Fsp3) is 0.154. The van der Waals surface area contributed by atoms with E-state index >= 15 is 0 Å². The Kier molecular flexibility index (Phi) is 6.40. The van der Waals surface area contributed by atoms with Crippen LogP contribution in [0.3, 0.4) is 0 Å². The Morgan fingerprint density at radius 3 is 2.68 bits per heavy atom. The van der Waals surface area contributed by atoms with Gasteiger partial charge in [-0.05, 0) is 30.7 Å². The number of ether oxygens (including phenoxy) is 1. The summed E-state index contributed by atoms with van der Waals surface area (Å²) in [6, 6.07) is 21.5. The molecule has 0 N–H and O–H groups in total. The molecule has 0 fully saturated rings. The molecule has 0 atom stereocenters. The first-order valence-electron chi connectivity index (χ1n) is 10.9. The lowest BCUT2D eigenvalue weighted by atomic mass is 9.94. The molecule has 7 nitrogen and oxygen atoms in total. The Morgan fingerprint density at radius 2 is 1.88 bits per heavy atom. The van der Waals surface area contributed by atoms with Crippen molar-refractivity contribution in [2.45, 2.75) is 24.4 Å². The molecule has 0 spiro atoms. The molecule has 2 aromatic carbocycles. The zero-order valence-corrected chi connectivity index (χ0v) is 19.4. The smallest absolute Gasteiger partial charge is 0.340 e. The van der Waals surface area contributed by atoms with E-state index in [0.717, 1.165) is 27.8 Å². The molecule has 0 aliphatic heterocycles. The van der Waals surface area contributed by atoms with Gasteiger partial charge in [-0.3, -0.25) is 4.98 Å². The molecule has 3 aromatic heterocycles. The standard InChI is InChI=1S/C26H22N4O3S/c1-2-32-25(31)24-22(16-34-26-29-27-17-30(26)15-19-11-8-14-33-19)28-21-13-7-6-12-20(21)23(24)18-9-4-3-5-10-18/h3-14,17H,2,15-16H2,1H3. The summed E-state index contributed by atoms with van der Waals surface area (Å²) in [6.07, 6.45) is 3.31. The molecule has 0 saturated heterocycles. The van der Waals surface area contributed by atoms with E-state index in [-0.39, 0.29) is 12.6 Å². The van der Waals surface area contributed by atoms with Crippen LogP contribution in [0.1, 0.15) is 28.7 Å². The lowest BCUT2D eigenvalue weighted by Crippen LogP contribution is -2.12. The van der Waals surface area contributed by atoms with Crippen LogP contribution in [-0.4, -0.2) is 32.3 Å². The van der Waals surface area contributed by atoms with E-state index in [0.29, 0.717) is 28.7 Å². The third-order valence-corrected chi connectivity index (χ3v) is 6.33. The number of hydrogen-bond donors (Lipinski definition) is 0. The van der Waals surface area contributed by atoms with Crippen LogP contribution in [0, 0.1) is 0 Å². The van der Waals surface area contributed by atoms with Crippen molar-refractivity contribution in [3.63, 3.8) is 0 Å². The van der Waals surface area contributed by atoms with Gasteiger partial charge >= 0.3 is 5.97 Å². The van der Waals surface area contributed by atoms with Crippen LogP contribution < -0.4 is 0 Å². The maximum Gasteiger partial charge on any atom is 0.340 e. The van der Waals surface area contributed by atoms with Crippen molar-refractivity contribution < 1.29 is 13.9 Å². The summed E-state index contributed by atoms with van der Waals surface area (Å²) in [5, 5.41) is 9.93. The first kappa shape index (κ1) is 21.9. The van der Waals surface area contributed by atoms with Crippen molar-refractivity contribution in [3.8, 4) is 11.1 Å². The molecular weight excluding hydrogens is 448 g/mol. The predicted molar refractivity (Wildman–Crippen MR) is 131 cm³/mol. The average Bonchev–Trinajstić information content (AvgIpc) is 3.55. The maximum absolute atomic E-state index is 13.2. The fourth-order valence-electron chi connectivity index (χ4n) is 3.86. The Hall–Kier alpha value is -3.91. The minimum atomic E-state index is -0.382. The van der Waals surface area contributed by atoms with Crippen LogP contribution in [0.4, 0.5) is 0 Å². The summed E-state index contributed by atoms with van der Waals surface area (Å²) < 4.78 is 12.8. The van der Waals surface area contributed by atoms with Crippen molar-refractivity contribution in [3.05, 3.63) is 96.3 Å². The van der Waals surface area contributed by atoms with E-state index in [2.05, 4.69) is 10.2 Å². The van der Waals surface area contributed by atoms with Crippen molar-refractivity contribution in [1.82, 2.24) is 19.7 Å². The number of pyridine rings is 1. The monoisotopic (exact) mass is 470 g/mol. The van der Waals surface area contributed by atoms with Crippen LogP contribution in [-0.2, 0) is 17.0 Å². The van der Waals surface area contributed by atoms with E-state index in [1.54, 1.807) is 19.5 Å². The summed E-state index contributed by atoms with van der Waals surface area (Å²) in [4.78, 5) is 18.1. The summed E-state index contributed by atoms with van der Waals surface area (Å²) in [7, 11) is 0. The van der Waals surface area contributed by atoms with Gasteiger partial charge in [0.25, 0.3) is 0 Å². The van der Waals surface area contributed by atoms with Crippen molar-refractivity contribution in [2.75, 3.05) is 6.61 Å². The zero-order chi connectivity index (χ0) is 23.3. The predicted octanol–water partition coefficient (Wildman–Crippen LogP) is 5.60. The highest BCUT2D eigenvalue weighted by Gasteiger charge is 2.24. The normalized spacial score (nSPS) is 11.1. The molecule has 0 saturated carbocycles. The van der Waals surface area contributed by atoms with Gasteiger partial charge in [-0.15, -0.1) is 10.2 Å². The largest absolute Gasteiger partial charge is 0.467 e. The average molecular weight is 471 g/mol. The minimum absolute atomic E-state index is 0.282. The number of benzene rings is 2. The molecule has 0 bridgehead atoms. The molecule has 0 aliphatic rings. The second kappa shape index (κ2) is 9.93. The minimum Gasteiger partial charge on any atom is -0.467 e. The lowest BCUT2D eigenvalue weighted by Gasteiger charge is -2.16. The molecule has 5 rings (SSSR count). The van der Waals surface area contributed by atoms with Crippen molar-refractivity contribution in [2.24, 2.45) is 0 Å². The van der Waals surface area contributed by atoms with Crippen LogP contribution in [0.25, 0.3) is 22.0 Å². The molecule has 5 aromatic rings. The topological polar surface area (TPSA) is 83.0 Å². The first-order valence-corrected chi connectivity index (χ1v) is 11.9.